The number of nitrogens with one attached hydrogen (secondary N) is 1. The van der Waals surface area contributed by atoms with Crippen LogP contribution in [0.15, 0.2) is 34.6 Å². The van der Waals surface area contributed by atoms with Crippen LogP contribution in [-0.2, 0) is 4.79 Å². The van der Waals surface area contributed by atoms with Crippen LogP contribution in [0.25, 0.3) is 11.3 Å². The molecule has 2 heterocycles. The lowest BCUT2D eigenvalue weighted by molar-refractivity contribution is -0.115. The van der Waals surface area contributed by atoms with Gasteiger partial charge in [-0.3, -0.25) is 9.79 Å². The van der Waals surface area contributed by atoms with Crippen LogP contribution < -0.4 is 5.32 Å². The van der Waals surface area contributed by atoms with Crippen LogP contribution in [0.1, 0.15) is 6.42 Å². The smallest absolute Gasteiger partial charge is 0.226 e. The molecule has 3 rings (SSSR count). The number of hydrogen-bond acceptors (Lipinski definition) is 6. The number of anilines is 1. The summed E-state index contributed by atoms with van der Waals surface area (Å²) in [6, 6.07) is 7.54. The van der Waals surface area contributed by atoms with Gasteiger partial charge in [-0.15, -0.1) is 11.3 Å². The first-order valence-corrected chi connectivity index (χ1v) is 10.3. The average molecular weight is 384 g/mol. The molecule has 0 bridgehead atoms. The summed E-state index contributed by atoms with van der Waals surface area (Å²) in [6.07, 6.45) is 0.450. The Hall–Kier alpha value is -1.02. The largest absolute Gasteiger partial charge is 0.302 e. The number of aliphatic imine (C=N–C) groups is 1. The maximum Gasteiger partial charge on any atom is 0.226 e. The number of hydrogen-bond donors (Lipinski definition) is 1. The van der Waals surface area contributed by atoms with E-state index >= 15 is 0 Å². The molecule has 0 atom stereocenters. The van der Waals surface area contributed by atoms with Gasteiger partial charge >= 0.3 is 0 Å². The van der Waals surface area contributed by atoms with E-state index in [1.54, 1.807) is 23.5 Å². The van der Waals surface area contributed by atoms with Gasteiger partial charge in [0.15, 0.2) is 5.13 Å². The van der Waals surface area contributed by atoms with Gasteiger partial charge in [0.1, 0.15) is 4.38 Å². The lowest BCUT2D eigenvalue weighted by atomic mass is 10.2. The minimum absolute atomic E-state index is 0.0267. The number of rotatable bonds is 5. The molecule has 1 aromatic carbocycles. The van der Waals surface area contributed by atoms with Crippen molar-refractivity contribution in [1.29, 1.82) is 0 Å². The molecule has 1 aliphatic rings. The molecule has 120 valence electrons. The van der Waals surface area contributed by atoms with Gasteiger partial charge in [-0.1, -0.05) is 53.3 Å². The van der Waals surface area contributed by atoms with Crippen LogP contribution in [0.2, 0.25) is 5.02 Å². The first-order chi connectivity index (χ1) is 11.2. The Labute approximate surface area is 152 Å². The Kier molecular flexibility index (Phi) is 5.99. The molecule has 2 aromatic rings. The van der Waals surface area contributed by atoms with E-state index in [9.17, 15) is 4.79 Å². The Morgan fingerprint density at radius 3 is 3.04 bits per heavy atom. The summed E-state index contributed by atoms with van der Waals surface area (Å²) >= 11 is 11.0. The van der Waals surface area contributed by atoms with Crippen molar-refractivity contribution in [3.63, 3.8) is 0 Å². The standard InChI is InChI=1S/C15H14ClN3OS3/c16-11-4-2-1-3-10(11)12-9-23-14(18-12)19-13(20)5-7-21-15-17-6-8-22-15/h1-4,9H,5-8H2,(H,18,19,20). The van der Waals surface area contributed by atoms with Crippen molar-refractivity contribution in [2.75, 3.05) is 23.4 Å². The maximum absolute atomic E-state index is 12.0. The van der Waals surface area contributed by atoms with E-state index in [4.69, 9.17) is 11.6 Å². The van der Waals surface area contributed by atoms with Crippen molar-refractivity contribution in [3.05, 3.63) is 34.7 Å². The molecule has 0 saturated carbocycles. The third-order valence-corrected chi connectivity index (χ3v) is 6.35. The Morgan fingerprint density at radius 1 is 1.39 bits per heavy atom. The van der Waals surface area contributed by atoms with Gasteiger partial charge in [-0.25, -0.2) is 4.98 Å². The number of carbonyl (C=O) groups excluding carboxylic acids is 1. The van der Waals surface area contributed by atoms with Crippen molar-refractivity contribution >= 4 is 61.9 Å². The molecule has 23 heavy (non-hydrogen) atoms. The van der Waals surface area contributed by atoms with E-state index in [1.807, 2.05) is 29.6 Å². The minimum Gasteiger partial charge on any atom is -0.302 e. The number of thioether (sulfide) groups is 2. The molecule has 0 saturated heterocycles. The van der Waals surface area contributed by atoms with E-state index in [0.29, 0.717) is 16.6 Å². The second-order valence-corrected chi connectivity index (χ2v) is 8.35. The number of nitrogens with zero attached hydrogens (tertiary/aromatic N) is 2. The summed E-state index contributed by atoms with van der Waals surface area (Å²) in [5, 5.41) is 5.99. The van der Waals surface area contributed by atoms with E-state index in [2.05, 4.69) is 15.3 Å². The summed E-state index contributed by atoms with van der Waals surface area (Å²) in [4.78, 5) is 20.8. The summed E-state index contributed by atoms with van der Waals surface area (Å²) in [5.74, 6) is 1.76. The monoisotopic (exact) mass is 383 g/mol. The van der Waals surface area contributed by atoms with E-state index in [0.717, 1.165) is 33.7 Å². The molecule has 0 radical (unpaired) electrons. The van der Waals surface area contributed by atoms with Crippen LogP contribution in [-0.4, -0.2) is 33.3 Å². The quantitative estimate of drug-likeness (QED) is 0.817. The van der Waals surface area contributed by atoms with Gasteiger partial charge in [-0.2, -0.15) is 0 Å². The lowest BCUT2D eigenvalue weighted by Crippen LogP contribution is -2.12. The molecular weight excluding hydrogens is 370 g/mol. The third-order valence-electron chi connectivity index (χ3n) is 3.01. The average Bonchev–Trinajstić information content (AvgIpc) is 3.20. The zero-order valence-electron chi connectivity index (χ0n) is 12.1. The van der Waals surface area contributed by atoms with E-state index in [1.165, 1.54) is 11.3 Å². The highest BCUT2D eigenvalue weighted by molar-refractivity contribution is 8.39. The van der Waals surface area contributed by atoms with Gasteiger partial charge in [0.2, 0.25) is 5.91 Å². The Balaban J connectivity index is 1.52. The highest BCUT2D eigenvalue weighted by Crippen LogP contribution is 2.30. The van der Waals surface area contributed by atoms with Gasteiger partial charge < -0.3 is 5.32 Å². The predicted molar refractivity (Wildman–Crippen MR) is 103 cm³/mol. The number of carbonyl (C=O) groups is 1. The maximum atomic E-state index is 12.0. The van der Waals surface area contributed by atoms with Crippen molar-refractivity contribution in [2.45, 2.75) is 6.42 Å². The van der Waals surface area contributed by atoms with E-state index in [-0.39, 0.29) is 5.91 Å². The number of aromatic nitrogens is 1. The van der Waals surface area contributed by atoms with Crippen LogP contribution in [0.4, 0.5) is 5.13 Å². The zero-order valence-corrected chi connectivity index (χ0v) is 15.3. The van der Waals surface area contributed by atoms with Crippen LogP contribution in [0.5, 0.6) is 0 Å². The summed E-state index contributed by atoms with van der Waals surface area (Å²) in [6.45, 7) is 0.892. The summed E-state index contributed by atoms with van der Waals surface area (Å²) in [5.41, 5.74) is 1.65. The molecule has 8 heteroatoms. The number of amides is 1. The summed E-state index contributed by atoms with van der Waals surface area (Å²) in [7, 11) is 0. The Bertz CT molecular complexity index is 732. The van der Waals surface area contributed by atoms with Gasteiger partial charge in [0.05, 0.1) is 12.2 Å². The second-order valence-electron chi connectivity index (χ2n) is 4.66. The number of benzene rings is 1. The first kappa shape index (κ1) is 16.8. The molecule has 0 unspecified atom stereocenters. The third kappa shape index (κ3) is 4.73. The first-order valence-electron chi connectivity index (χ1n) is 7.03. The fraction of sp³-hybridized carbons (Fsp3) is 0.267. The van der Waals surface area contributed by atoms with Crippen molar-refractivity contribution in [3.8, 4) is 11.3 Å². The van der Waals surface area contributed by atoms with Gasteiger partial charge in [0, 0.05) is 33.9 Å². The number of halogens is 1. The second kappa shape index (κ2) is 8.19. The van der Waals surface area contributed by atoms with Crippen molar-refractivity contribution in [1.82, 2.24) is 4.98 Å². The molecule has 1 aliphatic heterocycles. The molecule has 4 nitrogen and oxygen atoms in total. The van der Waals surface area contributed by atoms with Crippen molar-refractivity contribution < 1.29 is 4.79 Å². The molecule has 0 aliphatic carbocycles. The molecule has 1 aromatic heterocycles. The fourth-order valence-electron chi connectivity index (χ4n) is 1.94. The van der Waals surface area contributed by atoms with Crippen LogP contribution in [0, 0.1) is 0 Å². The minimum atomic E-state index is -0.0267. The van der Waals surface area contributed by atoms with Crippen LogP contribution in [0.3, 0.4) is 0 Å². The Morgan fingerprint density at radius 2 is 2.26 bits per heavy atom. The zero-order chi connectivity index (χ0) is 16.1. The number of thiazole rings is 1. The SMILES string of the molecule is O=C(CCSC1=NCCS1)Nc1nc(-c2ccccc2Cl)cs1. The van der Waals surface area contributed by atoms with Crippen LogP contribution >= 0.6 is 46.5 Å². The molecular formula is C15H14ClN3OS3. The highest BCUT2D eigenvalue weighted by Gasteiger charge is 2.12. The highest BCUT2D eigenvalue weighted by atomic mass is 35.5. The molecule has 1 N–H and O–H groups in total. The normalized spacial score (nSPS) is 13.9. The van der Waals surface area contributed by atoms with Crippen molar-refractivity contribution in [2.24, 2.45) is 4.99 Å². The lowest BCUT2D eigenvalue weighted by Gasteiger charge is -2.02. The summed E-state index contributed by atoms with van der Waals surface area (Å²) < 4.78 is 1.09. The van der Waals surface area contributed by atoms with Gasteiger partial charge in [-0.05, 0) is 6.07 Å². The molecule has 0 spiro atoms. The van der Waals surface area contributed by atoms with E-state index < -0.39 is 0 Å². The fourth-order valence-corrected chi connectivity index (χ4v) is 4.92. The topological polar surface area (TPSA) is 54.4 Å². The molecule has 1 amide bonds. The molecule has 0 fully saturated rings. The van der Waals surface area contributed by atoms with Gasteiger partial charge in [0.25, 0.3) is 0 Å². The predicted octanol–water partition coefficient (Wildman–Crippen LogP) is 4.63.